The summed E-state index contributed by atoms with van der Waals surface area (Å²) in [6, 6.07) is 35.6. The Balaban J connectivity index is 1.60. The van der Waals surface area contributed by atoms with Crippen molar-refractivity contribution in [2.45, 2.75) is 11.7 Å². The number of rotatable bonds is 3. The molecule has 6 heteroatoms. The van der Waals surface area contributed by atoms with Crippen LogP contribution in [0.2, 0.25) is 0 Å². The fourth-order valence-corrected chi connectivity index (χ4v) is 7.49. The molecule has 0 saturated carbocycles. The molecule has 0 aromatic heterocycles. The molecular weight excluding hydrogens is 418 g/mol. The molecule has 0 radical (unpaired) electrons. The van der Waals surface area contributed by atoms with Crippen LogP contribution in [0.3, 0.4) is 0 Å². The van der Waals surface area contributed by atoms with E-state index in [0.29, 0.717) is 0 Å². The zero-order chi connectivity index (χ0) is 21.5. The highest BCUT2D eigenvalue weighted by Crippen LogP contribution is 2.69. The van der Waals surface area contributed by atoms with Gasteiger partial charge in [-0.2, -0.15) is 0 Å². The zero-order valence-electron chi connectivity index (χ0n) is 17.2. The van der Waals surface area contributed by atoms with Gasteiger partial charge in [0.1, 0.15) is 5.75 Å². The molecule has 4 aromatic rings. The van der Waals surface area contributed by atoms with Crippen LogP contribution in [0.4, 0.5) is 0 Å². The van der Waals surface area contributed by atoms with Crippen molar-refractivity contribution in [1.29, 1.82) is 0 Å². The molecule has 1 fully saturated rings. The third-order valence-corrected chi connectivity index (χ3v) is 8.76. The fraction of sp³-hybridized carbons (Fsp3) is 0.0769. The maximum atomic E-state index is 10.8. The lowest BCUT2D eigenvalue weighted by Crippen LogP contribution is -2.64. The summed E-state index contributed by atoms with van der Waals surface area (Å²) in [5, 5.41) is 11.9. The topological polar surface area (TPSA) is 47.9 Å². The molecule has 2 bridgehead atoms. The highest BCUT2D eigenvalue weighted by Gasteiger charge is 2.52. The van der Waals surface area contributed by atoms with Crippen molar-refractivity contribution in [3.8, 4) is 11.5 Å². The van der Waals surface area contributed by atoms with E-state index >= 15 is 0 Å². The van der Waals surface area contributed by atoms with Crippen LogP contribution in [0.25, 0.3) is 0 Å². The van der Waals surface area contributed by atoms with E-state index in [1.165, 1.54) is 0 Å². The van der Waals surface area contributed by atoms with Crippen molar-refractivity contribution >= 4 is 25.4 Å². The monoisotopic (exact) mass is 439 g/mol. The molecule has 4 aromatic carbocycles. The zero-order valence-corrected chi connectivity index (χ0v) is 18.1. The lowest BCUT2D eigenvalue weighted by Gasteiger charge is -2.59. The predicted molar refractivity (Wildman–Crippen MR) is 128 cm³/mol. The number of benzene rings is 4. The van der Waals surface area contributed by atoms with Crippen LogP contribution in [-0.2, 0) is 9.31 Å². The van der Waals surface area contributed by atoms with Crippen LogP contribution in [0, 0.1) is 0 Å². The Hall–Kier alpha value is -3.11. The average Bonchev–Trinajstić information content (AvgIpc) is 2.85. The largest absolute Gasteiger partial charge is 0.666 e. The molecule has 1 N–H and O–H groups in total. The van der Waals surface area contributed by atoms with Crippen molar-refractivity contribution in [2.24, 2.45) is 0 Å². The lowest BCUT2D eigenvalue weighted by molar-refractivity contribution is 0.0573. The third kappa shape index (κ3) is 3.13. The number of hydrogen-bond acceptors (Lipinski definition) is 4. The van der Waals surface area contributed by atoms with E-state index in [-0.39, 0.29) is 11.6 Å². The SMILES string of the molecule is Oc1ccccc1C1O[B-]2(c3ccccc3)Oc3ccccc3C(O2)P1c1ccccc1. The molecule has 158 valence electrons. The van der Waals surface area contributed by atoms with E-state index in [1.807, 2.05) is 84.9 Å². The molecule has 4 unspecified atom stereocenters. The van der Waals surface area contributed by atoms with Gasteiger partial charge in [-0.05, 0) is 25.4 Å². The minimum absolute atomic E-state index is 0.216. The van der Waals surface area contributed by atoms with E-state index in [4.69, 9.17) is 14.0 Å². The summed E-state index contributed by atoms with van der Waals surface area (Å²) in [6.07, 6.45) is 0. The van der Waals surface area contributed by atoms with Crippen molar-refractivity contribution < 1.29 is 19.1 Å². The number of phenols is 1. The van der Waals surface area contributed by atoms with Gasteiger partial charge in [0, 0.05) is 11.1 Å². The van der Waals surface area contributed by atoms with Crippen LogP contribution in [-0.4, -0.2) is 11.9 Å². The second-order valence-electron chi connectivity index (χ2n) is 7.99. The Morgan fingerprint density at radius 1 is 0.625 bits per heavy atom. The number of aromatic hydroxyl groups is 1. The van der Waals surface area contributed by atoms with Crippen LogP contribution in [0.15, 0.2) is 109 Å². The average molecular weight is 439 g/mol. The second-order valence-corrected chi connectivity index (χ2v) is 10.3. The molecule has 2 aliphatic rings. The number of para-hydroxylation sites is 2. The summed E-state index contributed by atoms with van der Waals surface area (Å²) >= 11 is 0. The first-order valence-electron chi connectivity index (χ1n) is 10.7. The Morgan fingerprint density at radius 2 is 1.19 bits per heavy atom. The first-order chi connectivity index (χ1) is 15.8. The minimum Gasteiger partial charge on any atom is -0.666 e. The van der Waals surface area contributed by atoms with Crippen LogP contribution in [0.5, 0.6) is 11.5 Å². The summed E-state index contributed by atoms with van der Waals surface area (Å²) in [7, 11) is -1.04. The van der Waals surface area contributed by atoms with Gasteiger partial charge in [-0.3, -0.25) is 0 Å². The van der Waals surface area contributed by atoms with Crippen LogP contribution >= 0.6 is 7.92 Å². The Labute approximate surface area is 188 Å². The van der Waals surface area contributed by atoms with E-state index in [0.717, 1.165) is 27.6 Å². The van der Waals surface area contributed by atoms with Crippen molar-refractivity contribution in [3.63, 3.8) is 0 Å². The molecule has 2 heterocycles. The maximum Gasteiger partial charge on any atom is 0.467 e. The quantitative estimate of drug-likeness (QED) is 0.353. The summed E-state index contributed by atoms with van der Waals surface area (Å²) in [6.45, 7) is -2.26. The van der Waals surface area contributed by atoms with Gasteiger partial charge in [-0.25, -0.2) is 0 Å². The predicted octanol–water partition coefficient (Wildman–Crippen LogP) is 5.18. The molecule has 32 heavy (non-hydrogen) atoms. The normalized spacial score (nSPS) is 26.1. The van der Waals surface area contributed by atoms with Gasteiger partial charge in [0.25, 0.3) is 0 Å². The van der Waals surface area contributed by atoms with Crippen molar-refractivity contribution in [1.82, 2.24) is 0 Å². The van der Waals surface area contributed by atoms with E-state index in [1.54, 1.807) is 6.07 Å². The summed E-state index contributed by atoms with van der Waals surface area (Å²) in [4.78, 5) is 0. The van der Waals surface area contributed by atoms with Crippen molar-refractivity contribution in [2.75, 3.05) is 0 Å². The van der Waals surface area contributed by atoms with Gasteiger partial charge >= 0.3 is 6.75 Å². The molecule has 6 rings (SSSR count). The molecule has 2 aliphatic heterocycles. The Kier molecular flexibility index (Phi) is 4.76. The molecule has 0 amide bonds. The Bertz CT molecular complexity index is 1250. The molecule has 0 aliphatic carbocycles. The first kappa shape index (κ1) is 19.6. The lowest BCUT2D eigenvalue weighted by atomic mass is 9.67. The smallest absolute Gasteiger partial charge is 0.467 e. The van der Waals surface area contributed by atoms with E-state index < -0.39 is 20.5 Å². The molecule has 1 saturated heterocycles. The molecule has 0 spiro atoms. The molecule has 4 nitrogen and oxygen atoms in total. The van der Waals surface area contributed by atoms with Gasteiger partial charge in [-0.1, -0.05) is 97.1 Å². The minimum atomic E-state index is -2.26. The van der Waals surface area contributed by atoms with Gasteiger partial charge in [-0.15, -0.1) is 5.46 Å². The Morgan fingerprint density at radius 3 is 1.91 bits per heavy atom. The van der Waals surface area contributed by atoms with Crippen LogP contribution < -0.4 is 15.4 Å². The summed E-state index contributed by atoms with van der Waals surface area (Å²) in [5.74, 6) is 0.358. The maximum absolute atomic E-state index is 10.8. The van der Waals surface area contributed by atoms with Gasteiger partial charge in [0.2, 0.25) is 0 Å². The second kappa shape index (κ2) is 7.79. The van der Waals surface area contributed by atoms with Gasteiger partial charge < -0.3 is 19.1 Å². The number of phenolic OH excluding ortho intramolecular Hbond substituents is 1. The molecular formula is C26H21BO4P-. The first-order valence-corrected chi connectivity index (χ1v) is 12.2. The third-order valence-electron chi connectivity index (χ3n) is 6.05. The molecule has 4 atom stereocenters. The van der Waals surface area contributed by atoms with Crippen LogP contribution in [0.1, 0.15) is 22.8 Å². The van der Waals surface area contributed by atoms with E-state index in [2.05, 4.69) is 18.2 Å². The van der Waals surface area contributed by atoms with Gasteiger partial charge in [0.15, 0.2) is 0 Å². The van der Waals surface area contributed by atoms with Gasteiger partial charge in [0.05, 0.1) is 17.4 Å². The highest BCUT2D eigenvalue weighted by molar-refractivity contribution is 7.66. The summed E-state index contributed by atoms with van der Waals surface area (Å²) < 4.78 is 20.1. The van der Waals surface area contributed by atoms with Crippen molar-refractivity contribution in [3.05, 3.63) is 120 Å². The standard InChI is InChI=1S/C26H21BO4P/c28-23-17-9-7-15-21(23)25-30-27(19-11-3-1-4-12-19)29-24-18-10-8-16-22(24)26(31-27)32(25)20-13-5-2-6-14-20/h1-18,25-26,28H/q-1. The van der Waals surface area contributed by atoms with E-state index in [9.17, 15) is 5.11 Å². The highest BCUT2D eigenvalue weighted by atomic mass is 31.1. The fourth-order valence-electron chi connectivity index (χ4n) is 4.57. The number of hydrogen-bond donors (Lipinski definition) is 1. The summed E-state index contributed by atoms with van der Waals surface area (Å²) in [5.41, 5.74) is 2.61. The number of fused-ring (bicyclic) bond motifs is 4.